The fourth-order valence-electron chi connectivity index (χ4n) is 1.76. The molecule has 0 aliphatic rings. The second-order valence-electron chi connectivity index (χ2n) is 3.89. The van der Waals surface area contributed by atoms with Crippen molar-refractivity contribution in [3.05, 3.63) is 36.0 Å². The zero-order chi connectivity index (χ0) is 10.8. The maximum absolute atomic E-state index is 9.00. The monoisotopic (exact) mass is 202 g/mol. The number of rotatable bonds is 2. The summed E-state index contributed by atoms with van der Waals surface area (Å²) in [7, 11) is 0. The molecule has 0 fully saturated rings. The van der Waals surface area contributed by atoms with Crippen LogP contribution in [0.4, 0.5) is 0 Å². The molecule has 3 nitrogen and oxygen atoms in total. The van der Waals surface area contributed by atoms with Crippen LogP contribution in [0, 0.1) is 5.92 Å². The highest BCUT2D eigenvalue weighted by atomic mass is 16.4. The van der Waals surface area contributed by atoms with Crippen molar-refractivity contribution in [3.8, 4) is 0 Å². The first kappa shape index (κ1) is 9.77. The SMILES string of the molecule is CC(C)/C(=N/O)c1c[nH]c2ccccc12. The molecule has 1 aromatic carbocycles. The first-order chi connectivity index (χ1) is 7.24. The highest BCUT2D eigenvalue weighted by Crippen LogP contribution is 2.21. The minimum Gasteiger partial charge on any atom is -0.411 e. The van der Waals surface area contributed by atoms with Crippen LogP contribution < -0.4 is 0 Å². The van der Waals surface area contributed by atoms with E-state index in [9.17, 15) is 0 Å². The van der Waals surface area contributed by atoms with Crippen molar-refractivity contribution in [2.75, 3.05) is 0 Å². The third kappa shape index (κ3) is 1.61. The molecule has 3 heteroatoms. The summed E-state index contributed by atoms with van der Waals surface area (Å²) in [5.41, 5.74) is 2.75. The molecule has 0 unspecified atom stereocenters. The molecule has 0 radical (unpaired) electrons. The number of nitrogens with zero attached hydrogens (tertiary/aromatic N) is 1. The molecule has 0 saturated carbocycles. The highest BCUT2D eigenvalue weighted by molar-refractivity contribution is 6.11. The standard InChI is InChI=1S/C12H14N2O/c1-8(2)12(14-15)10-7-13-11-6-4-3-5-9(10)11/h3-8,13,15H,1-2H3/b14-12-. The quantitative estimate of drug-likeness (QED) is 0.439. The number of hydrogen-bond donors (Lipinski definition) is 2. The smallest absolute Gasteiger partial charge is 0.0914 e. The molecular formula is C12H14N2O. The van der Waals surface area contributed by atoms with Crippen molar-refractivity contribution in [1.82, 2.24) is 4.98 Å². The molecule has 0 aliphatic carbocycles. The van der Waals surface area contributed by atoms with Gasteiger partial charge in [-0.05, 0) is 12.0 Å². The summed E-state index contributed by atoms with van der Waals surface area (Å²) in [5, 5.41) is 13.5. The van der Waals surface area contributed by atoms with Crippen LogP contribution in [0.5, 0.6) is 0 Å². The number of nitrogens with one attached hydrogen (secondary N) is 1. The van der Waals surface area contributed by atoms with E-state index in [2.05, 4.69) is 10.1 Å². The lowest BCUT2D eigenvalue weighted by Crippen LogP contribution is -2.08. The highest BCUT2D eigenvalue weighted by Gasteiger charge is 2.13. The van der Waals surface area contributed by atoms with Crippen molar-refractivity contribution in [3.63, 3.8) is 0 Å². The van der Waals surface area contributed by atoms with E-state index in [1.54, 1.807) is 0 Å². The van der Waals surface area contributed by atoms with Gasteiger partial charge in [0.25, 0.3) is 0 Å². The van der Waals surface area contributed by atoms with Gasteiger partial charge in [0.15, 0.2) is 0 Å². The van der Waals surface area contributed by atoms with Gasteiger partial charge in [-0.25, -0.2) is 0 Å². The normalized spacial score (nSPS) is 12.6. The Balaban J connectivity index is 2.62. The number of para-hydroxylation sites is 1. The Morgan fingerprint density at radius 3 is 2.73 bits per heavy atom. The molecule has 0 spiro atoms. The number of fused-ring (bicyclic) bond motifs is 1. The van der Waals surface area contributed by atoms with Crippen molar-refractivity contribution < 1.29 is 5.21 Å². The number of aromatic amines is 1. The first-order valence-electron chi connectivity index (χ1n) is 5.02. The second kappa shape index (κ2) is 3.77. The Labute approximate surface area is 88.4 Å². The number of hydrogen-bond acceptors (Lipinski definition) is 2. The van der Waals surface area contributed by atoms with Crippen LogP contribution in [0.15, 0.2) is 35.6 Å². The van der Waals surface area contributed by atoms with Gasteiger partial charge in [-0.1, -0.05) is 37.2 Å². The summed E-state index contributed by atoms with van der Waals surface area (Å²) in [4.78, 5) is 3.17. The van der Waals surface area contributed by atoms with E-state index in [4.69, 9.17) is 5.21 Å². The third-order valence-electron chi connectivity index (χ3n) is 2.52. The Morgan fingerprint density at radius 2 is 2.07 bits per heavy atom. The van der Waals surface area contributed by atoms with E-state index >= 15 is 0 Å². The van der Waals surface area contributed by atoms with Crippen LogP contribution in [0.3, 0.4) is 0 Å². The molecule has 1 heterocycles. The van der Waals surface area contributed by atoms with Crippen molar-refractivity contribution in [2.24, 2.45) is 11.1 Å². The van der Waals surface area contributed by atoms with Crippen LogP contribution in [0.25, 0.3) is 10.9 Å². The molecule has 15 heavy (non-hydrogen) atoms. The van der Waals surface area contributed by atoms with Gasteiger partial charge in [0.2, 0.25) is 0 Å². The topological polar surface area (TPSA) is 48.4 Å². The van der Waals surface area contributed by atoms with E-state index < -0.39 is 0 Å². The summed E-state index contributed by atoms with van der Waals surface area (Å²) in [6.07, 6.45) is 1.89. The molecule has 2 N–H and O–H groups in total. The number of benzene rings is 1. The minimum atomic E-state index is 0.203. The zero-order valence-corrected chi connectivity index (χ0v) is 8.86. The zero-order valence-electron chi connectivity index (χ0n) is 8.86. The molecule has 2 aromatic rings. The largest absolute Gasteiger partial charge is 0.411 e. The van der Waals surface area contributed by atoms with Crippen molar-refractivity contribution in [2.45, 2.75) is 13.8 Å². The molecule has 0 saturated heterocycles. The lowest BCUT2D eigenvalue weighted by Gasteiger charge is -2.05. The molecule has 0 amide bonds. The van der Waals surface area contributed by atoms with Gasteiger partial charge in [0.1, 0.15) is 0 Å². The van der Waals surface area contributed by atoms with Crippen LogP contribution in [0.2, 0.25) is 0 Å². The van der Waals surface area contributed by atoms with Crippen LogP contribution >= 0.6 is 0 Å². The van der Waals surface area contributed by atoms with Gasteiger partial charge in [-0.3, -0.25) is 0 Å². The van der Waals surface area contributed by atoms with Gasteiger partial charge >= 0.3 is 0 Å². The maximum atomic E-state index is 9.00. The maximum Gasteiger partial charge on any atom is 0.0914 e. The summed E-state index contributed by atoms with van der Waals surface area (Å²) in [5.74, 6) is 0.203. The van der Waals surface area contributed by atoms with Gasteiger partial charge in [-0.2, -0.15) is 0 Å². The van der Waals surface area contributed by atoms with Crippen LogP contribution in [0.1, 0.15) is 19.4 Å². The van der Waals surface area contributed by atoms with Gasteiger partial charge in [0, 0.05) is 22.7 Å². The van der Waals surface area contributed by atoms with E-state index in [1.807, 2.05) is 44.3 Å². The van der Waals surface area contributed by atoms with Crippen LogP contribution in [-0.2, 0) is 0 Å². The Morgan fingerprint density at radius 1 is 1.33 bits per heavy atom. The summed E-state index contributed by atoms with van der Waals surface area (Å²) < 4.78 is 0. The summed E-state index contributed by atoms with van der Waals surface area (Å²) in [6.45, 7) is 4.02. The fourth-order valence-corrected chi connectivity index (χ4v) is 1.76. The van der Waals surface area contributed by atoms with E-state index in [-0.39, 0.29) is 5.92 Å². The summed E-state index contributed by atoms with van der Waals surface area (Å²) >= 11 is 0. The molecule has 0 atom stereocenters. The first-order valence-corrected chi connectivity index (χ1v) is 5.02. The lowest BCUT2D eigenvalue weighted by atomic mass is 10.00. The third-order valence-corrected chi connectivity index (χ3v) is 2.52. The molecular weight excluding hydrogens is 188 g/mol. The van der Waals surface area contributed by atoms with E-state index in [1.165, 1.54) is 0 Å². The molecule has 0 aliphatic heterocycles. The van der Waals surface area contributed by atoms with Gasteiger partial charge in [-0.15, -0.1) is 0 Å². The second-order valence-corrected chi connectivity index (χ2v) is 3.89. The molecule has 1 aromatic heterocycles. The van der Waals surface area contributed by atoms with Crippen LogP contribution in [-0.4, -0.2) is 15.9 Å². The van der Waals surface area contributed by atoms with Crippen molar-refractivity contribution in [1.29, 1.82) is 0 Å². The average Bonchev–Trinajstić information content (AvgIpc) is 2.63. The fraction of sp³-hybridized carbons (Fsp3) is 0.250. The predicted octanol–water partition coefficient (Wildman–Crippen LogP) is 3.00. The Bertz CT molecular complexity index is 497. The Hall–Kier alpha value is -1.77. The van der Waals surface area contributed by atoms with Gasteiger partial charge < -0.3 is 10.2 Å². The molecule has 78 valence electrons. The molecule has 2 rings (SSSR count). The number of oxime groups is 1. The van der Waals surface area contributed by atoms with Gasteiger partial charge in [0.05, 0.1) is 5.71 Å². The summed E-state index contributed by atoms with van der Waals surface area (Å²) in [6, 6.07) is 7.99. The van der Waals surface area contributed by atoms with E-state index in [0.717, 1.165) is 16.5 Å². The Kier molecular flexibility index (Phi) is 2.46. The predicted molar refractivity (Wildman–Crippen MR) is 61.5 cm³/mol. The lowest BCUT2D eigenvalue weighted by molar-refractivity contribution is 0.316. The number of aromatic nitrogens is 1. The minimum absolute atomic E-state index is 0.203. The molecule has 0 bridgehead atoms. The average molecular weight is 202 g/mol. The number of H-pyrrole nitrogens is 1. The van der Waals surface area contributed by atoms with E-state index in [0.29, 0.717) is 5.71 Å². The van der Waals surface area contributed by atoms with Crippen molar-refractivity contribution >= 4 is 16.6 Å².